The van der Waals surface area contributed by atoms with Gasteiger partial charge in [0.1, 0.15) is 17.3 Å². The molecule has 0 saturated carbocycles. The molecule has 3 N–H and O–H groups in total. The van der Waals surface area contributed by atoms with Crippen molar-refractivity contribution in [3.63, 3.8) is 0 Å². The second-order valence-electron chi connectivity index (χ2n) is 7.04. The predicted octanol–water partition coefficient (Wildman–Crippen LogP) is 4.49. The molecule has 0 aliphatic carbocycles. The van der Waals surface area contributed by atoms with Gasteiger partial charge in [-0.2, -0.15) is 0 Å². The van der Waals surface area contributed by atoms with Gasteiger partial charge in [0.25, 0.3) is 0 Å². The zero-order valence-corrected chi connectivity index (χ0v) is 17.3. The van der Waals surface area contributed by atoms with E-state index in [9.17, 15) is 4.79 Å². The summed E-state index contributed by atoms with van der Waals surface area (Å²) in [6.07, 6.45) is 0.423. The smallest absolute Gasteiger partial charge is 0.249 e. The summed E-state index contributed by atoms with van der Waals surface area (Å²) in [5.41, 5.74) is 9.17. The zero-order valence-electron chi connectivity index (χ0n) is 17.3. The van der Waals surface area contributed by atoms with Crippen LogP contribution in [0.25, 0.3) is 11.3 Å². The number of carbonyl (C=O) groups is 1. The van der Waals surface area contributed by atoms with Gasteiger partial charge in [0.15, 0.2) is 5.82 Å². The van der Waals surface area contributed by atoms with Crippen molar-refractivity contribution in [3.05, 3.63) is 89.4 Å². The van der Waals surface area contributed by atoms with Crippen LogP contribution in [0.3, 0.4) is 0 Å². The Morgan fingerprint density at radius 2 is 1.84 bits per heavy atom. The minimum absolute atomic E-state index is 0.423. The van der Waals surface area contributed by atoms with Gasteiger partial charge in [0.05, 0.1) is 12.8 Å². The van der Waals surface area contributed by atoms with Crippen LogP contribution in [0.15, 0.2) is 71.1 Å². The van der Waals surface area contributed by atoms with Crippen molar-refractivity contribution in [1.82, 2.24) is 10.2 Å². The monoisotopic (exact) mass is 414 g/mol. The highest BCUT2D eigenvalue weighted by molar-refractivity contribution is 5.96. The molecule has 2 aromatic carbocycles. The van der Waals surface area contributed by atoms with E-state index in [4.69, 9.17) is 14.9 Å². The minimum atomic E-state index is -0.497. The third-order valence-corrected chi connectivity index (χ3v) is 4.90. The number of aryl methyl sites for hydroxylation is 1. The number of benzene rings is 2. The van der Waals surface area contributed by atoms with Crippen LogP contribution < -0.4 is 15.8 Å². The van der Waals surface area contributed by atoms with Gasteiger partial charge in [-0.15, -0.1) is 10.2 Å². The molecule has 0 fully saturated rings. The van der Waals surface area contributed by atoms with E-state index in [1.54, 1.807) is 19.2 Å². The Kier molecular flexibility index (Phi) is 5.66. The summed E-state index contributed by atoms with van der Waals surface area (Å²) < 4.78 is 10.9. The summed E-state index contributed by atoms with van der Waals surface area (Å²) in [7, 11) is 1.63. The molecular weight excluding hydrogens is 392 g/mol. The summed E-state index contributed by atoms with van der Waals surface area (Å²) in [4.78, 5) is 12.0. The molecule has 0 spiro atoms. The summed E-state index contributed by atoms with van der Waals surface area (Å²) >= 11 is 0. The molecule has 0 aliphatic rings. The highest BCUT2D eigenvalue weighted by Gasteiger charge is 2.15. The van der Waals surface area contributed by atoms with E-state index in [0.717, 1.165) is 39.8 Å². The molecule has 1 amide bonds. The second kappa shape index (κ2) is 8.71. The molecule has 156 valence electrons. The number of hydrogen-bond acceptors (Lipinski definition) is 6. The Bertz CT molecular complexity index is 1200. The van der Waals surface area contributed by atoms with Crippen LogP contribution in [0.4, 0.5) is 11.5 Å². The van der Waals surface area contributed by atoms with Gasteiger partial charge in [-0.25, -0.2) is 0 Å². The number of hydrogen-bond donors (Lipinski definition) is 2. The van der Waals surface area contributed by atoms with Crippen molar-refractivity contribution >= 4 is 17.4 Å². The van der Waals surface area contributed by atoms with E-state index >= 15 is 0 Å². The normalized spacial score (nSPS) is 10.6. The number of aromatic nitrogens is 2. The number of nitrogens with zero attached hydrogens (tertiary/aromatic N) is 2. The van der Waals surface area contributed by atoms with Crippen molar-refractivity contribution in [2.75, 3.05) is 12.4 Å². The molecule has 7 heteroatoms. The third kappa shape index (κ3) is 4.56. The number of carbonyl (C=O) groups excluding carboxylic acids is 1. The maximum atomic E-state index is 12.0. The first-order valence-corrected chi connectivity index (χ1v) is 9.75. The second-order valence-corrected chi connectivity index (χ2v) is 7.04. The summed E-state index contributed by atoms with van der Waals surface area (Å²) in [6.45, 7) is 1.88. The molecule has 2 aromatic heterocycles. The van der Waals surface area contributed by atoms with Crippen molar-refractivity contribution < 1.29 is 13.9 Å². The van der Waals surface area contributed by atoms with E-state index in [2.05, 4.69) is 15.5 Å². The number of nitrogens with two attached hydrogens (primary N) is 1. The molecule has 2 heterocycles. The van der Waals surface area contributed by atoms with Crippen LogP contribution >= 0.6 is 0 Å². The SMILES string of the molecule is COc1ccc(-c2ccc(Nc3cccc(C(N)=O)c3Cc3ccc(C)o3)nn2)cc1. The maximum Gasteiger partial charge on any atom is 0.249 e. The van der Waals surface area contributed by atoms with Gasteiger partial charge >= 0.3 is 0 Å². The molecule has 0 bridgehead atoms. The predicted molar refractivity (Wildman–Crippen MR) is 119 cm³/mol. The van der Waals surface area contributed by atoms with Crippen molar-refractivity contribution in [1.29, 1.82) is 0 Å². The Balaban J connectivity index is 1.61. The average Bonchev–Trinajstić information content (AvgIpc) is 3.20. The number of primary amides is 1. The Morgan fingerprint density at radius 3 is 2.45 bits per heavy atom. The van der Waals surface area contributed by atoms with Crippen LogP contribution in [0.5, 0.6) is 5.75 Å². The van der Waals surface area contributed by atoms with Crippen LogP contribution in [-0.4, -0.2) is 23.2 Å². The first-order valence-electron chi connectivity index (χ1n) is 9.75. The Labute approximate surface area is 179 Å². The zero-order chi connectivity index (χ0) is 21.8. The Hall–Kier alpha value is -4.13. The number of ether oxygens (including phenoxy) is 1. The van der Waals surface area contributed by atoms with Crippen molar-refractivity contribution in [2.45, 2.75) is 13.3 Å². The first-order chi connectivity index (χ1) is 15.0. The molecule has 0 aliphatic heterocycles. The van der Waals surface area contributed by atoms with E-state index in [1.807, 2.05) is 61.5 Å². The summed E-state index contributed by atoms with van der Waals surface area (Å²) in [5, 5.41) is 11.8. The lowest BCUT2D eigenvalue weighted by Crippen LogP contribution is -2.15. The molecule has 7 nitrogen and oxygen atoms in total. The minimum Gasteiger partial charge on any atom is -0.497 e. The number of methoxy groups -OCH3 is 1. The van der Waals surface area contributed by atoms with Crippen LogP contribution in [0.2, 0.25) is 0 Å². The van der Waals surface area contributed by atoms with Crippen molar-refractivity contribution in [2.24, 2.45) is 5.73 Å². The van der Waals surface area contributed by atoms with Crippen LogP contribution in [0.1, 0.15) is 27.4 Å². The highest BCUT2D eigenvalue weighted by atomic mass is 16.5. The van der Waals surface area contributed by atoms with E-state index in [0.29, 0.717) is 17.8 Å². The molecule has 0 atom stereocenters. The van der Waals surface area contributed by atoms with Gasteiger partial charge < -0.3 is 20.2 Å². The van der Waals surface area contributed by atoms with Gasteiger partial charge in [-0.3, -0.25) is 4.79 Å². The molecule has 4 aromatic rings. The van der Waals surface area contributed by atoms with E-state index in [1.165, 1.54) is 0 Å². The number of amides is 1. The molecule has 0 unspecified atom stereocenters. The number of rotatable bonds is 7. The van der Waals surface area contributed by atoms with Gasteiger partial charge in [0.2, 0.25) is 5.91 Å². The number of anilines is 2. The topological polar surface area (TPSA) is 103 Å². The molecule has 4 rings (SSSR count). The maximum absolute atomic E-state index is 12.0. The number of nitrogens with one attached hydrogen (secondary N) is 1. The van der Waals surface area contributed by atoms with Crippen LogP contribution in [0, 0.1) is 6.92 Å². The first kappa shape index (κ1) is 20.2. The van der Waals surface area contributed by atoms with Gasteiger partial charge in [0, 0.05) is 23.2 Å². The largest absolute Gasteiger partial charge is 0.497 e. The summed E-state index contributed by atoms with van der Waals surface area (Å²) in [6, 6.07) is 20.5. The lowest BCUT2D eigenvalue weighted by molar-refractivity contribution is 0.0999. The third-order valence-electron chi connectivity index (χ3n) is 4.90. The van der Waals surface area contributed by atoms with E-state index < -0.39 is 5.91 Å². The van der Waals surface area contributed by atoms with Crippen LogP contribution in [-0.2, 0) is 6.42 Å². The molecule has 31 heavy (non-hydrogen) atoms. The molecule has 0 saturated heterocycles. The standard InChI is InChI=1S/C24H22N4O3/c1-15-6-9-18(31-15)14-20-19(24(25)29)4-3-5-22(20)26-23-13-12-21(27-28-23)16-7-10-17(30-2)11-8-16/h3-13H,14H2,1-2H3,(H2,25,29)(H,26,28). The van der Waals surface area contributed by atoms with E-state index in [-0.39, 0.29) is 0 Å². The Morgan fingerprint density at radius 1 is 1.03 bits per heavy atom. The highest BCUT2D eigenvalue weighted by Crippen LogP contribution is 2.27. The fourth-order valence-electron chi connectivity index (χ4n) is 3.33. The van der Waals surface area contributed by atoms with Gasteiger partial charge in [-0.1, -0.05) is 6.07 Å². The fraction of sp³-hybridized carbons (Fsp3) is 0.125. The fourth-order valence-corrected chi connectivity index (χ4v) is 3.33. The quantitative estimate of drug-likeness (QED) is 0.462. The average molecular weight is 414 g/mol. The number of furan rings is 1. The van der Waals surface area contributed by atoms with Crippen molar-refractivity contribution in [3.8, 4) is 17.0 Å². The van der Waals surface area contributed by atoms with Gasteiger partial charge in [-0.05, 0) is 73.2 Å². The lowest BCUT2D eigenvalue weighted by Gasteiger charge is -2.14. The summed E-state index contributed by atoms with van der Waals surface area (Å²) in [5.74, 6) is 2.39. The molecular formula is C24H22N4O3. The lowest BCUT2D eigenvalue weighted by atomic mass is 10.0. The molecule has 0 radical (unpaired) electrons.